The zero-order valence-electron chi connectivity index (χ0n) is 13.4. The molecule has 0 aliphatic rings. The molecule has 0 saturated carbocycles. The van der Waals surface area contributed by atoms with Gasteiger partial charge in [-0.15, -0.1) is 0 Å². The van der Waals surface area contributed by atoms with Crippen molar-refractivity contribution in [3.8, 4) is 17.1 Å². The van der Waals surface area contributed by atoms with Crippen LogP contribution >= 0.6 is 12.2 Å². The van der Waals surface area contributed by atoms with Gasteiger partial charge in [-0.3, -0.25) is 0 Å². The zero-order chi connectivity index (χ0) is 17.2. The molecular formula is C18H15N5OS. The molecule has 25 heavy (non-hydrogen) atoms. The molecule has 0 amide bonds. The second kappa shape index (κ2) is 6.37. The van der Waals surface area contributed by atoms with E-state index >= 15 is 0 Å². The fourth-order valence-corrected chi connectivity index (χ4v) is 2.90. The Morgan fingerprint density at radius 2 is 1.96 bits per heavy atom. The lowest BCUT2D eigenvalue weighted by Gasteiger charge is -2.06. The van der Waals surface area contributed by atoms with Crippen LogP contribution in [0, 0.1) is 4.77 Å². The summed E-state index contributed by atoms with van der Waals surface area (Å²) in [5, 5.41) is 12.7. The first-order chi connectivity index (χ1) is 12.3. The Hall–Kier alpha value is -3.19. The van der Waals surface area contributed by atoms with Gasteiger partial charge in [0.1, 0.15) is 5.75 Å². The number of ether oxygens (including phenoxy) is 1. The van der Waals surface area contributed by atoms with Gasteiger partial charge in [0, 0.05) is 22.7 Å². The first kappa shape index (κ1) is 15.3. The van der Waals surface area contributed by atoms with Crippen molar-refractivity contribution < 1.29 is 4.74 Å². The number of nitrogens with zero attached hydrogens (tertiary/aromatic N) is 3. The fourth-order valence-electron chi connectivity index (χ4n) is 2.72. The molecule has 0 unspecified atom stereocenters. The lowest BCUT2D eigenvalue weighted by atomic mass is 10.2. The number of nitrogens with one attached hydrogen (secondary N) is 2. The topological polar surface area (TPSA) is 71.0 Å². The number of methoxy groups -OCH3 is 1. The van der Waals surface area contributed by atoms with Crippen molar-refractivity contribution >= 4 is 29.3 Å². The number of hydrogen-bond acceptors (Lipinski definition) is 4. The summed E-state index contributed by atoms with van der Waals surface area (Å²) >= 11 is 5.33. The van der Waals surface area contributed by atoms with Crippen LogP contribution in [0.2, 0.25) is 0 Å². The average molecular weight is 349 g/mol. The number of hydrogen-bond donors (Lipinski definition) is 2. The highest BCUT2D eigenvalue weighted by Gasteiger charge is 2.13. The summed E-state index contributed by atoms with van der Waals surface area (Å²) < 4.78 is 7.42. The molecule has 7 heteroatoms. The molecule has 2 aromatic heterocycles. The first-order valence-electron chi connectivity index (χ1n) is 7.69. The number of para-hydroxylation sites is 2. The summed E-state index contributed by atoms with van der Waals surface area (Å²) in [7, 11) is 1.62. The minimum Gasteiger partial charge on any atom is -0.496 e. The van der Waals surface area contributed by atoms with Crippen molar-refractivity contribution in [1.29, 1.82) is 0 Å². The molecule has 0 aliphatic carbocycles. The van der Waals surface area contributed by atoms with Crippen LogP contribution in [-0.2, 0) is 0 Å². The average Bonchev–Trinajstić information content (AvgIpc) is 3.23. The van der Waals surface area contributed by atoms with Gasteiger partial charge in [-0.25, -0.2) is 5.10 Å². The highest BCUT2D eigenvalue weighted by molar-refractivity contribution is 7.71. The molecule has 2 aromatic carbocycles. The maximum absolute atomic E-state index is 5.41. The molecule has 0 aliphatic heterocycles. The number of aromatic amines is 2. The number of aromatic nitrogens is 4. The third-order valence-corrected chi connectivity index (χ3v) is 4.20. The summed E-state index contributed by atoms with van der Waals surface area (Å²) in [6.45, 7) is 0. The van der Waals surface area contributed by atoms with E-state index in [1.807, 2.05) is 54.7 Å². The molecule has 0 spiro atoms. The van der Waals surface area contributed by atoms with Crippen molar-refractivity contribution in [2.45, 2.75) is 0 Å². The minimum absolute atomic E-state index is 0.414. The van der Waals surface area contributed by atoms with E-state index in [1.54, 1.807) is 18.0 Å². The van der Waals surface area contributed by atoms with Crippen LogP contribution < -0.4 is 4.74 Å². The van der Waals surface area contributed by atoms with Crippen LogP contribution in [0.1, 0.15) is 5.56 Å². The number of fused-ring (bicyclic) bond motifs is 1. The van der Waals surface area contributed by atoms with Gasteiger partial charge in [0.25, 0.3) is 0 Å². The summed E-state index contributed by atoms with van der Waals surface area (Å²) in [6, 6.07) is 15.7. The van der Waals surface area contributed by atoms with Gasteiger partial charge in [0.2, 0.25) is 4.77 Å². The molecule has 2 N–H and O–H groups in total. The minimum atomic E-state index is 0.414. The summed E-state index contributed by atoms with van der Waals surface area (Å²) in [5.41, 5.74) is 2.85. The van der Waals surface area contributed by atoms with Gasteiger partial charge in [-0.2, -0.15) is 14.9 Å². The first-order valence-corrected chi connectivity index (χ1v) is 8.10. The summed E-state index contributed by atoms with van der Waals surface area (Å²) in [5.74, 6) is 1.30. The Kier molecular flexibility index (Phi) is 3.91. The Labute approximate surface area is 148 Å². The lowest BCUT2D eigenvalue weighted by Crippen LogP contribution is -1.97. The van der Waals surface area contributed by atoms with Gasteiger partial charge < -0.3 is 9.72 Å². The van der Waals surface area contributed by atoms with E-state index < -0.39 is 0 Å². The molecular weight excluding hydrogens is 334 g/mol. The van der Waals surface area contributed by atoms with Gasteiger partial charge in [0.05, 0.1) is 18.9 Å². The molecule has 4 rings (SSSR count). The summed E-state index contributed by atoms with van der Waals surface area (Å²) in [6.07, 6.45) is 3.68. The fraction of sp³-hybridized carbons (Fsp3) is 0.0556. The second-order valence-corrected chi connectivity index (χ2v) is 5.79. The second-order valence-electron chi connectivity index (χ2n) is 5.40. The monoisotopic (exact) mass is 349 g/mol. The van der Waals surface area contributed by atoms with E-state index in [9.17, 15) is 0 Å². The van der Waals surface area contributed by atoms with Crippen molar-refractivity contribution in [1.82, 2.24) is 19.9 Å². The van der Waals surface area contributed by atoms with Crippen LogP contribution in [0.25, 0.3) is 22.3 Å². The molecule has 0 fully saturated rings. The Morgan fingerprint density at radius 3 is 2.84 bits per heavy atom. The predicted molar refractivity (Wildman–Crippen MR) is 101 cm³/mol. The van der Waals surface area contributed by atoms with Gasteiger partial charge in [-0.1, -0.05) is 30.3 Å². The van der Waals surface area contributed by atoms with Gasteiger partial charge in [0.15, 0.2) is 5.82 Å². The van der Waals surface area contributed by atoms with E-state index in [2.05, 4.69) is 20.3 Å². The Bertz CT molecular complexity index is 1120. The molecule has 0 bridgehead atoms. The van der Waals surface area contributed by atoms with Crippen molar-refractivity contribution in [2.24, 2.45) is 5.10 Å². The molecule has 4 aromatic rings. The van der Waals surface area contributed by atoms with Crippen molar-refractivity contribution in [2.75, 3.05) is 7.11 Å². The van der Waals surface area contributed by atoms with Crippen LogP contribution in [0.3, 0.4) is 0 Å². The third-order valence-electron chi connectivity index (χ3n) is 3.93. The van der Waals surface area contributed by atoms with Crippen molar-refractivity contribution in [3.05, 3.63) is 65.1 Å². The molecule has 6 nitrogen and oxygen atoms in total. The highest BCUT2D eigenvalue weighted by atomic mass is 32.1. The predicted octanol–water partition coefficient (Wildman–Crippen LogP) is 3.98. The van der Waals surface area contributed by atoms with E-state index in [-0.39, 0.29) is 0 Å². The Balaban J connectivity index is 1.79. The highest BCUT2D eigenvalue weighted by Crippen LogP contribution is 2.28. The van der Waals surface area contributed by atoms with E-state index in [0.29, 0.717) is 16.3 Å². The number of benzene rings is 2. The van der Waals surface area contributed by atoms with Gasteiger partial charge >= 0.3 is 0 Å². The van der Waals surface area contributed by atoms with E-state index in [4.69, 9.17) is 17.0 Å². The van der Waals surface area contributed by atoms with Crippen LogP contribution in [0.15, 0.2) is 59.8 Å². The standard InChI is InChI=1S/C18H15N5OS/c1-24-16-9-5-3-7-14(16)17-21-22-18(25)23(17)20-11-12-10-19-15-8-4-2-6-13(12)15/h2-11,19H,1H3,(H,22,25)/b20-11+. The van der Waals surface area contributed by atoms with Crippen LogP contribution in [0.5, 0.6) is 5.75 Å². The van der Waals surface area contributed by atoms with Crippen LogP contribution in [0.4, 0.5) is 0 Å². The smallest absolute Gasteiger partial charge is 0.216 e. The summed E-state index contributed by atoms with van der Waals surface area (Å²) in [4.78, 5) is 3.23. The van der Waals surface area contributed by atoms with E-state index in [1.165, 1.54) is 0 Å². The zero-order valence-corrected chi connectivity index (χ0v) is 14.2. The number of H-pyrrole nitrogens is 2. The van der Waals surface area contributed by atoms with Crippen molar-refractivity contribution in [3.63, 3.8) is 0 Å². The molecule has 124 valence electrons. The third kappa shape index (κ3) is 2.74. The number of rotatable bonds is 4. The molecule has 2 heterocycles. The Morgan fingerprint density at radius 1 is 1.16 bits per heavy atom. The quantitative estimate of drug-likeness (QED) is 0.432. The maximum atomic E-state index is 5.41. The van der Waals surface area contributed by atoms with E-state index in [0.717, 1.165) is 22.0 Å². The normalized spacial score (nSPS) is 11.4. The maximum Gasteiger partial charge on any atom is 0.216 e. The largest absolute Gasteiger partial charge is 0.496 e. The lowest BCUT2D eigenvalue weighted by molar-refractivity contribution is 0.416. The van der Waals surface area contributed by atoms with Crippen LogP contribution in [-0.4, -0.2) is 33.2 Å². The molecule has 0 saturated heterocycles. The van der Waals surface area contributed by atoms with Gasteiger partial charge in [-0.05, 0) is 30.4 Å². The SMILES string of the molecule is COc1ccccc1-c1n[nH]c(=S)n1/N=C/c1c[nH]c2ccccc12. The molecule has 0 radical (unpaired) electrons. The molecule has 0 atom stereocenters.